The van der Waals surface area contributed by atoms with Crippen LogP contribution in [0, 0.1) is 5.82 Å². The molecule has 1 heterocycles. The minimum Gasteiger partial charge on any atom is -0.351 e. The van der Waals surface area contributed by atoms with Gasteiger partial charge in [0.1, 0.15) is 5.82 Å². The van der Waals surface area contributed by atoms with Crippen LogP contribution in [-0.2, 0) is 11.3 Å². The van der Waals surface area contributed by atoms with Gasteiger partial charge in [-0.1, -0.05) is 18.2 Å². The summed E-state index contributed by atoms with van der Waals surface area (Å²) in [7, 11) is 0. The third kappa shape index (κ3) is 3.27. The van der Waals surface area contributed by atoms with Crippen molar-refractivity contribution in [1.29, 1.82) is 0 Å². The van der Waals surface area contributed by atoms with Crippen molar-refractivity contribution in [3.63, 3.8) is 0 Å². The Bertz CT molecular complexity index is 416. The molecular formula is C13H18FN3O. The first-order valence-corrected chi connectivity index (χ1v) is 6.14. The van der Waals surface area contributed by atoms with Crippen molar-refractivity contribution >= 4 is 5.91 Å². The molecule has 2 atom stereocenters. The zero-order chi connectivity index (χ0) is 13.0. The zero-order valence-electron chi connectivity index (χ0n) is 10.4. The molecular weight excluding hydrogens is 233 g/mol. The molecule has 0 bridgehead atoms. The molecule has 1 aliphatic heterocycles. The lowest BCUT2D eigenvalue weighted by Gasteiger charge is -2.28. The first-order valence-electron chi connectivity index (χ1n) is 6.14. The fraction of sp³-hybridized carbons (Fsp3) is 0.462. The fourth-order valence-electron chi connectivity index (χ4n) is 1.92. The Morgan fingerprint density at radius 2 is 2.17 bits per heavy atom. The summed E-state index contributed by atoms with van der Waals surface area (Å²) in [6.45, 7) is 3.64. The predicted octanol–water partition coefficient (Wildman–Crippen LogP) is 0.392. The fourth-order valence-corrected chi connectivity index (χ4v) is 1.92. The highest BCUT2D eigenvalue weighted by atomic mass is 19.1. The monoisotopic (exact) mass is 251 g/mol. The molecule has 18 heavy (non-hydrogen) atoms. The molecule has 0 aliphatic carbocycles. The summed E-state index contributed by atoms with van der Waals surface area (Å²) < 4.78 is 13.4. The van der Waals surface area contributed by atoms with Gasteiger partial charge in [0.05, 0.1) is 6.04 Å². The van der Waals surface area contributed by atoms with Crippen molar-refractivity contribution in [1.82, 2.24) is 16.0 Å². The number of carbonyl (C=O) groups is 1. The van der Waals surface area contributed by atoms with E-state index in [-0.39, 0.29) is 24.3 Å². The van der Waals surface area contributed by atoms with E-state index >= 15 is 0 Å². The van der Waals surface area contributed by atoms with Crippen molar-refractivity contribution in [2.75, 3.05) is 13.1 Å². The normalized spacial score (nSPS) is 23.7. The molecule has 98 valence electrons. The van der Waals surface area contributed by atoms with Gasteiger partial charge < -0.3 is 16.0 Å². The topological polar surface area (TPSA) is 53.2 Å². The number of carbonyl (C=O) groups excluding carboxylic acids is 1. The average Bonchev–Trinajstić information content (AvgIpc) is 2.38. The lowest BCUT2D eigenvalue weighted by atomic mass is 10.1. The van der Waals surface area contributed by atoms with Crippen LogP contribution in [-0.4, -0.2) is 31.1 Å². The summed E-state index contributed by atoms with van der Waals surface area (Å²) in [6, 6.07) is 6.59. The molecule has 1 fully saturated rings. The molecule has 5 heteroatoms. The molecule has 0 spiro atoms. The molecule has 2 unspecified atom stereocenters. The van der Waals surface area contributed by atoms with E-state index in [4.69, 9.17) is 0 Å². The second-order valence-corrected chi connectivity index (χ2v) is 4.58. The standard InChI is InChI=1S/C13H18FN3O/c1-9-6-16-12(8-15-9)13(18)17-7-10-4-2-3-5-11(10)14/h2-5,9,12,15-16H,6-8H2,1H3,(H,17,18). The number of hydrogen-bond donors (Lipinski definition) is 3. The van der Waals surface area contributed by atoms with E-state index in [0.29, 0.717) is 18.2 Å². The maximum absolute atomic E-state index is 13.4. The van der Waals surface area contributed by atoms with E-state index in [1.807, 2.05) is 0 Å². The lowest BCUT2D eigenvalue weighted by Crippen LogP contribution is -2.58. The SMILES string of the molecule is CC1CNC(C(=O)NCc2ccccc2F)CN1. The number of piperazine rings is 1. The van der Waals surface area contributed by atoms with E-state index in [1.54, 1.807) is 18.2 Å². The largest absolute Gasteiger partial charge is 0.351 e. The number of hydrogen-bond acceptors (Lipinski definition) is 3. The Balaban J connectivity index is 1.83. The van der Waals surface area contributed by atoms with Crippen LogP contribution in [0.3, 0.4) is 0 Å². The highest BCUT2D eigenvalue weighted by molar-refractivity contribution is 5.82. The van der Waals surface area contributed by atoms with Crippen LogP contribution in [0.15, 0.2) is 24.3 Å². The highest BCUT2D eigenvalue weighted by Gasteiger charge is 2.22. The molecule has 1 saturated heterocycles. The van der Waals surface area contributed by atoms with Gasteiger partial charge in [-0.15, -0.1) is 0 Å². The second kappa shape index (κ2) is 5.93. The van der Waals surface area contributed by atoms with Gasteiger partial charge in [0.15, 0.2) is 0 Å². The van der Waals surface area contributed by atoms with E-state index < -0.39 is 0 Å². The lowest BCUT2D eigenvalue weighted by molar-refractivity contribution is -0.123. The Morgan fingerprint density at radius 3 is 2.83 bits per heavy atom. The van der Waals surface area contributed by atoms with Gasteiger partial charge in [0.2, 0.25) is 5.91 Å². The Hall–Kier alpha value is -1.46. The molecule has 1 amide bonds. The quantitative estimate of drug-likeness (QED) is 0.728. The summed E-state index contributed by atoms with van der Waals surface area (Å²) in [4.78, 5) is 11.9. The Morgan fingerprint density at radius 1 is 1.39 bits per heavy atom. The summed E-state index contributed by atoms with van der Waals surface area (Å²) >= 11 is 0. The number of nitrogens with one attached hydrogen (secondary N) is 3. The Labute approximate surface area is 106 Å². The van der Waals surface area contributed by atoms with Crippen molar-refractivity contribution in [3.8, 4) is 0 Å². The van der Waals surface area contributed by atoms with Gasteiger partial charge in [-0.25, -0.2) is 4.39 Å². The van der Waals surface area contributed by atoms with Gasteiger partial charge in [-0.3, -0.25) is 4.79 Å². The van der Waals surface area contributed by atoms with E-state index in [1.165, 1.54) is 6.07 Å². The maximum Gasteiger partial charge on any atom is 0.238 e. The van der Waals surface area contributed by atoms with Crippen LogP contribution in [0.1, 0.15) is 12.5 Å². The second-order valence-electron chi connectivity index (χ2n) is 4.58. The third-order valence-electron chi connectivity index (χ3n) is 3.07. The molecule has 4 nitrogen and oxygen atoms in total. The van der Waals surface area contributed by atoms with Crippen molar-refractivity contribution in [2.24, 2.45) is 0 Å². The van der Waals surface area contributed by atoms with Crippen LogP contribution in [0.25, 0.3) is 0 Å². The summed E-state index contributed by atoms with van der Waals surface area (Å²) in [5.41, 5.74) is 0.503. The molecule has 3 N–H and O–H groups in total. The third-order valence-corrected chi connectivity index (χ3v) is 3.07. The highest BCUT2D eigenvalue weighted by Crippen LogP contribution is 2.05. The molecule has 0 radical (unpaired) electrons. The summed E-state index contributed by atoms with van der Waals surface area (Å²) in [6.07, 6.45) is 0. The van der Waals surface area contributed by atoms with Gasteiger partial charge in [-0.05, 0) is 13.0 Å². The molecule has 1 aliphatic rings. The van der Waals surface area contributed by atoms with Crippen LogP contribution >= 0.6 is 0 Å². The van der Waals surface area contributed by atoms with Gasteiger partial charge in [0, 0.05) is 31.2 Å². The van der Waals surface area contributed by atoms with Gasteiger partial charge >= 0.3 is 0 Å². The molecule has 1 aromatic carbocycles. The van der Waals surface area contributed by atoms with Crippen molar-refractivity contribution < 1.29 is 9.18 Å². The summed E-state index contributed by atoms with van der Waals surface area (Å²) in [5, 5.41) is 9.12. The molecule has 2 rings (SSSR count). The van der Waals surface area contributed by atoms with Crippen LogP contribution in [0.4, 0.5) is 4.39 Å². The maximum atomic E-state index is 13.4. The Kier molecular flexibility index (Phi) is 4.28. The first kappa shape index (κ1) is 13.0. The number of halogens is 1. The predicted molar refractivity (Wildman–Crippen MR) is 67.5 cm³/mol. The van der Waals surface area contributed by atoms with Crippen molar-refractivity contribution in [2.45, 2.75) is 25.6 Å². The average molecular weight is 251 g/mol. The smallest absolute Gasteiger partial charge is 0.238 e. The number of benzene rings is 1. The van der Waals surface area contributed by atoms with E-state index in [9.17, 15) is 9.18 Å². The van der Waals surface area contributed by atoms with E-state index in [2.05, 4.69) is 22.9 Å². The molecule has 0 saturated carbocycles. The van der Waals surface area contributed by atoms with Crippen LogP contribution < -0.4 is 16.0 Å². The van der Waals surface area contributed by atoms with Crippen LogP contribution in [0.2, 0.25) is 0 Å². The number of rotatable bonds is 3. The summed E-state index contributed by atoms with van der Waals surface area (Å²) in [5.74, 6) is -0.390. The zero-order valence-corrected chi connectivity index (χ0v) is 10.4. The molecule has 0 aromatic heterocycles. The van der Waals surface area contributed by atoms with Crippen molar-refractivity contribution in [3.05, 3.63) is 35.6 Å². The molecule has 1 aromatic rings. The van der Waals surface area contributed by atoms with Gasteiger partial charge in [0.25, 0.3) is 0 Å². The minimum atomic E-state index is -0.291. The number of amides is 1. The minimum absolute atomic E-state index is 0.0994. The van der Waals surface area contributed by atoms with E-state index in [0.717, 1.165) is 6.54 Å². The van der Waals surface area contributed by atoms with Crippen LogP contribution in [0.5, 0.6) is 0 Å². The first-order chi connectivity index (χ1) is 8.66. The van der Waals surface area contributed by atoms with Gasteiger partial charge in [-0.2, -0.15) is 0 Å².